The number of urea groups is 1. The highest BCUT2D eigenvalue weighted by atomic mass is 16.2. The van der Waals surface area contributed by atoms with Crippen LogP contribution in [0.25, 0.3) is 6.08 Å². The Balaban J connectivity index is 1.69. The summed E-state index contributed by atoms with van der Waals surface area (Å²) in [6, 6.07) is 14.2. The summed E-state index contributed by atoms with van der Waals surface area (Å²) in [6.45, 7) is 3.55. The molecule has 2 N–H and O–H groups in total. The first-order chi connectivity index (χ1) is 12.4. The Bertz CT molecular complexity index is 901. The topological polar surface area (TPSA) is 78.5 Å². The maximum absolute atomic E-state index is 12.4. The van der Waals surface area contributed by atoms with Gasteiger partial charge in [0, 0.05) is 5.69 Å². The molecule has 0 atom stereocenters. The molecule has 0 radical (unpaired) electrons. The first kappa shape index (κ1) is 17.4. The van der Waals surface area contributed by atoms with E-state index in [2.05, 4.69) is 10.6 Å². The third-order valence-electron chi connectivity index (χ3n) is 3.95. The molecule has 0 bridgehead atoms. The number of nitrogens with zero attached hydrogens (tertiary/aromatic N) is 1. The summed E-state index contributed by atoms with van der Waals surface area (Å²) in [4.78, 5) is 37.5. The number of carbonyl (C=O) groups is 3. The van der Waals surface area contributed by atoms with E-state index in [-0.39, 0.29) is 12.2 Å². The Morgan fingerprint density at radius 1 is 1.08 bits per heavy atom. The maximum Gasteiger partial charge on any atom is 0.329 e. The fourth-order valence-electron chi connectivity index (χ4n) is 2.62. The minimum Gasteiger partial charge on any atom is -0.325 e. The molecule has 3 rings (SSSR count). The predicted octanol–water partition coefficient (Wildman–Crippen LogP) is 2.83. The lowest BCUT2D eigenvalue weighted by molar-refractivity contribution is -0.127. The van der Waals surface area contributed by atoms with E-state index in [9.17, 15) is 14.4 Å². The number of nitrogens with one attached hydrogen (secondary N) is 2. The maximum atomic E-state index is 12.4. The van der Waals surface area contributed by atoms with E-state index in [1.54, 1.807) is 18.2 Å². The number of amides is 4. The summed E-state index contributed by atoms with van der Waals surface area (Å²) in [5.74, 6) is -0.954. The summed E-state index contributed by atoms with van der Waals surface area (Å²) in [5, 5.41) is 5.19. The number of carbonyl (C=O) groups excluding carboxylic acids is 3. The molecule has 2 aromatic carbocycles. The Morgan fingerprint density at radius 2 is 1.81 bits per heavy atom. The largest absolute Gasteiger partial charge is 0.329 e. The molecule has 0 saturated carbocycles. The molecule has 4 amide bonds. The second kappa shape index (κ2) is 7.23. The zero-order valence-electron chi connectivity index (χ0n) is 14.6. The fourth-order valence-corrected chi connectivity index (χ4v) is 2.62. The Morgan fingerprint density at radius 3 is 2.50 bits per heavy atom. The van der Waals surface area contributed by atoms with Gasteiger partial charge in [0.05, 0.1) is 0 Å². The molecular weight excluding hydrogens is 330 g/mol. The van der Waals surface area contributed by atoms with E-state index < -0.39 is 17.8 Å². The third kappa shape index (κ3) is 3.97. The molecule has 1 aliphatic rings. The van der Waals surface area contributed by atoms with E-state index in [0.717, 1.165) is 21.6 Å². The van der Waals surface area contributed by atoms with E-state index in [1.807, 2.05) is 50.2 Å². The van der Waals surface area contributed by atoms with Crippen molar-refractivity contribution in [2.24, 2.45) is 0 Å². The van der Waals surface area contributed by atoms with Crippen LogP contribution in [0.2, 0.25) is 0 Å². The van der Waals surface area contributed by atoms with Crippen molar-refractivity contribution in [3.05, 3.63) is 70.9 Å². The summed E-state index contributed by atoms with van der Waals surface area (Å²) in [6.07, 6.45) is 1.60. The van der Waals surface area contributed by atoms with Gasteiger partial charge >= 0.3 is 6.03 Å². The third-order valence-corrected chi connectivity index (χ3v) is 3.95. The van der Waals surface area contributed by atoms with Gasteiger partial charge in [-0.15, -0.1) is 0 Å². The van der Waals surface area contributed by atoms with Crippen molar-refractivity contribution in [3.8, 4) is 0 Å². The smallest absolute Gasteiger partial charge is 0.325 e. The van der Waals surface area contributed by atoms with E-state index >= 15 is 0 Å². The number of aryl methyl sites for hydroxylation is 2. The molecule has 1 heterocycles. The van der Waals surface area contributed by atoms with Crippen molar-refractivity contribution < 1.29 is 14.4 Å². The second-order valence-electron chi connectivity index (χ2n) is 6.21. The number of hydrogen-bond donors (Lipinski definition) is 2. The molecule has 1 fully saturated rings. The first-order valence-corrected chi connectivity index (χ1v) is 8.20. The number of benzene rings is 2. The van der Waals surface area contributed by atoms with E-state index in [0.29, 0.717) is 5.69 Å². The van der Waals surface area contributed by atoms with Crippen molar-refractivity contribution in [2.75, 3.05) is 11.9 Å². The number of anilines is 1. The van der Waals surface area contributed by atoms with Crippen LogP contribution in [0.1, 0.15) is 16.7 Å². The number of imide groups is 1. The zero-order chi connectivity index (χ0) is 18.7. The van der Waals surface area contributed by atoms with Crippen molar-refractivity contribution in [3.63, 3.8) is 0 Å². The Labute approximate surface area is 151 Å². The minimum atomic E-state index is -0.604. The number of rotatable bonds is 4. The van der Waals surface area contributed by atoms with Gasteiger partial charge in [0.25, 0.3) is 5.91 Å². The van der Waals surface area contributed by atoms with Gasteiger partial charge in [0.2, 0.25) is 5.91 Å². The monoisotopic (exact) mass is 349 g/mol. The van der Waals surface area contributed by atoms with Crippen molar-refractivity contribution in [1.82, 2.24) is 10.2 Å². The van der Waals surface area contributed by atoms with Crippen LogP contribution < -0.4 is 10.6 Å². The highest BCUT2D eigenvalue weighted by Crippen LogP contribution is 2.15. The van der Waals surface area contributed by atoms with Gasteiger partial charge in [-0.2, -0.15) is 0 Å². The van der Waals surface area contributed by atoms with Gasteiger partial charge in [0.1, 0.15) is 12.2 Å². The molecule has 132 valence electrons. The molecule has 6 nitrogen and oxygen atoms in total. The first-order valence-electron chi connectivity index (χ1n) is 8.20. The van der Waals surface area contributed by atoms with Gasteiger partial charge in [0.15, 0.2) is 0 Å². The molecule has 1 aliphatic heterocycles. The average Bonchev–Trinajstić information content (AvgIpc) is 2.84. The molecule has 0 unspecified atom stereocenters. The van der Waals surface area contributed by atoms with Gasteiger partial charge in [-0.25, -0.2) is 9.69 Å². The van der Waals surface area contributed by atoms with Crippen molar-refractivity contribution >= 4 is 29.6 Å². The van der Waals surface area contributed by atoms with Crippen LogP contribution in [0.5, 0.6) is 0 Å². The van der Waals surface area contributed by atoms with Gasteiger partial charge < -0.3 is 10.6 Å². The number of hydrogen-bond acceptors (Lipinski definition) is 3. The van der Waals surface area contributed by atoms with Crippen LogP contribution >= 0.6 is 0 Å². The minimum absolute atomic E-state index is 0.156. The normalized spacial score (nSPS) is 15.3. The Kier molecular flexibility index (Phi) is 4.84. The molecule has 26 heavy (non-hydrogen) atoms. The lowest BCUT2D eigenvalue weighted by Crippen LogP contribution is -2.38. The SMILES string of the molecule is Cc1ccc(NC(=O)CN2C(=O)NC(=Cc3cccc(C)c3)C2=O)cc1. The molecule has 0 aromatic heterocycles. The molecule has 2 aromatic rings. The van der Waals surface area contributed by atoms with Crippen LogP contribution in [0, 0.1) is 13.8 Å². The summed E-state index contributed by atoms with van der Waals surface area (Å²) >= 11 is 0. The average molecular weight is 349 g/mol. The van der Waals surface area contributed by atoms with Gasteiger partial charge in [-0.05, 0) is 37.6 Å². The highest BCUT2D eigenvalue weighted by Gasteiger charge is 2.34. The molecular formula is C20H19N3O3. The van der Waals surface area contributed by atoms with E-state index in [4.69, 9.17) is 0 Å². The van der Waals surface area contributed by atoms with Crippen LogP contribution in [-0.2, 0) is 9.59 Å². The zero-order valence-corrected chi connectivity index (χ0v) is 14.6. The molecule has 6 heteroatoms. The fraction of sp³-hybridized carbons (Fsp3) is 0.150. The van der Waals surface area contributed by atoms with E-state index in [1.165, 1.54) is 0 Å². The summed E-state index contributed by atoms with van der Waals surface area (Å²) in [5.41, 5.74) is 3.69. The van der Waals surface area contributed by atoms with Crippen LogP contribution in [0.15, 0.2) is 54.2 Å². The lowest BCUT2D eigenvalue weighted by atomic mass is 10.1. The quantitative estimate of drug-likeness (QED) is 0.658. The predicted molar refractivity (Wildman–Crippen MR) is 99.2 cm³/mol. The molecule has 0 aliphatic carbocycles. The molecule has 0 spiro atoms. The molecule has 1 saturated heterocycles. The van der Waals surface area contributed by atoms with Crippen LogP contribution in [-0.4, -0.2) is 29.3 Å². The summed E-state index contributed by atoms with van der Waals surface area (Å²) < 4.78 is 0. The van der Waals surface area contributed by atoms with Crippen molar-refractivity contribution in [2.45, 2.75) is 13.8 Å². The van der Waals surface area contributed by atoms with Gasteiger partial charge in [-0.3, -0.25) is 9.59 Å². The standard InChI is InChI=1S/C20H19N3O3/c1-13-6-8-16(9-7-13)21-18(24)12-23-19(25)17(22-20(23)26)11-15-5-3-4-14(2)10-15/h3-11H,12H2,1-2H3,(H,21,24)(H,22,26). The lowest BCUT2D eigenvalue weighted by Gasteiger charge is -2.12. The summed E-state index contributed by atoms with van der Waals surface area (Å²) in [7, 11) is 0. The van der Waals surface area contributed by atoms with Crippen LogP contribution in [0.4, 0.5) is 10.5 Å². The van der Waals surface area contributed by atoms with Crippen LogP contribution in [0.3, 0.4) is 0 Å². The van der Waals surface area contributed by atoms with Crippen molar-refractivity contribution in [1.29, 1.82) is 0 Å². The second-order valence-corrected chi connectivity index (χ2v) is 6.21. The van der Waals surface area contributed by atoms with Gasteiger partial charge in [-0.1, -0.05) is 47.5 Å². The highest BCUT2D eigenvalue weighted by molar-refractivity contribution is 6.15. The Hall–Kier alpha value is -3.41.